The van der Waals surface area contributed by atoms with Gasteiger partial charge in [-0.1, -0.05) is 22.0 Å². The lowest BCUT2D eigenvalue weighted by Crippen LogP contribution is -2.18. The highest BCUT2D eigenvalue weighted by atomic mass is 79.9. The molecule has 1 aromatic rings. The largest absolute Gasteiger partial charge is 0.496 e. The van der Waals surface area contributed by atoms with Gasteiger partial charge in [-0.2, -0.15) is 0 Å². The summed E-state index contributed by atoms with van der Waals surface area (Å²) in [6.07, 6.45) is -0.384. The standard InChI is InChI=1S/C10H10BrNO3.ClH/c1-14-9-4-6(11)2-3-7(9)8-5-15-10(13)12-8;/h2-4,8H,5H2,1H3,(H,12,13);1H/t8-;/m0./s1. The van der Waals surface area contributed by atoms with Crippen LogP contribution in [0.1, 0.15) is 11.6 Å². The third-order valence-corrected chi connectivity index (χ3v) is 2.74. The summed E-state index contributed by atoms with van der Waals surface area (Å²) in [5.74, 6) is 0.736. The molecule has 2 rings (SSSR count). The fraction of sp³-hybridized carbons (Fsp3) is 0.300. The van der Waals surface area contributed by atoms with E-state index in [1.165, 1.54) is 0 Å². The lowest BCUT2D eigenvalue weighted by atomic mass is 10.1. The van der Waals surface area contributed by atoms with E-state index in [-0.39, 0.29) is 24.5 Å². The maximum atomic E-state index is 10.9. The first-order chi connectivity index (χ1) is 7.20. The Morgan fingerprint density at radius 2 is 2.31 bits per heavy atom. The van der Waals surface area contributed by atoms with Gasteiger partial charge >= 0.3 is 6.09 Å². The Morgan fingerprint density at radius 3 is 2.88 bits per heavy atom. The van der Waals surface area contributed by atoms with Crippen molar-refractivity contribution >= 4 is 34.4 Å². The van der Waals surface area contributed by atoms with Crippen molar-refractivity contribution in [3.8, 4) is 5.75 Å². The summed E-state index contributed by atoms with van der Waals surface area (Å²) in [7, 11) is 1.60. The predicted octanol–water partition coefficient (Wildman–Crippen LogP) is 2.66. The van der Waals surface area contributed by atoms with Crippen molar-refractivity contribution in [3.05, 3.63) is 28.2 Å². The van der Waals surface area contributed by atoms with Gasteiger partial charge in [0.2, 0.25) is 0 Å². The molecule has 1 aromatic carbocycles. The number of benzene rings is 1. The number of hydrogen-bond acceptors (Lipinski definition) is 3. The Morgan fingerprint density at radius 1 is 1.56 bits per heavy atom. The molecule has 0 radical (unpaired) electrons. The van der Waals surface area contributed by atoms with Gasteiger partial charge < -0.3 is 14.8 Å². The Labute approximate surface area is 108 Å². The van der Waals surface area contributed by atoms with Crippen LogP contribution in [-0.2, 0) is 4.74 Å². The number of amides is 1. The van der Waals surface area contributed by atoms with Gasteiger partial charge in [-0.25, -0.2) is 4.79 Å². The van der Waals surface area contributed by atoms with E-state index in [4.69, 9.17) is 9.47 Å². The Balaban J connectivity index is 0.00000128. The van der Waals surface area contributed by atoms with Gasteiger partial charge in [-0.05, 0) is 12.1 Å². The van der Waals surface area contributed by atoms with E-state index in [2.05, 4.69) is 21.2 Å². The number of alkyl carbamates (subject to hydrolysis) is 1. The highest BCUT2D eigenvalue weighted by molar-refractivity contribution is 9.10. The number of hydrogen-bond donors (Lipinski definition) is 1. The van der Waals surface area contributed by atoms with Crippen molar-refractivity contribution in [2.75, 3.05) is 13.7 Å². The maximum Gasteiger partial charge on any atom is 0.407 e. The summed E-state index contributed by atoms with van der Waals surface area (Å²) < 4.78 is 11.0. The van der Waals surface area contributed by atoms with Crippen molar-refractivity contribution in [1.29, 1.82) is 0 Å². The van der Waals surface area contributed by atoms with E-state index < -0.39 is 0 Å². The van der Waals surface area contributed by atoms with Crippen molar-refractivity contribution in [2.45, 2.75) is 6.04 Å². The minimum absolute atomic E-state index is 0. The molecule has 1 aliphatic rings. The SMILES string of the molecule is COc1cc(Br)ccc1[C@@H]1COC(=O)N1.Cl. The van der Waals surface area contributed by atoms with Crippen LogP contribution in [0.4, 0.5) is 4.79 Å². The molecule has 1 heterocycles. The molecule has 0 saturated carbocycles. The second kappa shape index (κ2) is 5.41. The van der Waals surface area contributed by atoms with Crippen LogP contribution in [0.2, 0.25) is 0 Å². The zero-order valence-electron chi connectivity index (χ0n) is 8.53. The Bertz CT molecular complexity index is 400. The molecule has 0 aromatic heterocycles. The van der Waals surface area contributed by atoms with Gasteiger partial charge in [0.25, 0.3) is 0 Å². The predicted molar refractivity (Wildman–Crippen MR) is 65.2 cm³/mol. The lowest BCUT2D eigenvalue weighted by Gasteiger charge is -2.12. The van der Waals surface area contributed by atoms with E-state index in [1.807, 2.05) is 18.2 Å². The number of carbonyl (C=O) groups excluding carboxylic acids is 1. The molecular weight excluding hydrogens is 297 g/mol. The van der Waals surface area contributed by atoms with Crippen LogP contribution in [0.25, 0.3) is 0 Å². The molecule has 1 amide bonds. The summed E-state index contributed by atoms with van der Waals surface area (Å²) in [6.45, 7) is 0.344. The molecule has 0 aliphatic carbocycles. The quantitative estimate of drug-likeness (QED) is 0.914. The summed E-state index contributed by atoms with van der Waals surface area (Å²) in [4.78, 5) is 10.9. The van der Waals surface area contributed by atoms with Gasteiger partial charge in [0, 0.05) is 10.0 Å². The fourth-order valence-corrected chi connectivity index (χ4v) is 1.87. The van der Waals surface area contributed by atoms with Gasteiger partial charge in [0.15, 0.2) is 0 Å². The smallest absolute Gasteiger partial charge is 0.407 e. The Kier molecular flexibility index (Phi) is 4.44. The van der Waals surface area contributed by atoms with Crippen LogP contribution in [0, 0.1) is 0 Å². The first kappa shape index (κ1) is 13.1. The summed E-state index contributed by atoms with van der Waals surface area (Å²) in [5, 5.41) is 2.71. The van der Waals surface area contributed by atoms with Gasteiger partial charge in [-0.3, -0.25) is 0 Å². The molecule has 0 unspecified atom stereocenters. The molecule has 0 bridgehead atoms. The van der Waals surface area contributed by atoms with Crippen LogP contribution < -0.4 is 10.1 Å². The molecule has 1 N–H and O–H groups in total. The third kappa shape index (κ3) is 2.59. The molecule has 88 valence electrons. The number of rotatable bonds is 2. The highest BCUT2D eigenvalue weighted by Gasteiger charge is 2.26. The number of carbonyl (C=O) groups is 1. The van der Waals surface area contributed by atoms with Gasteiger partial charge in [0.05, 0.1) is 13.2 Å². The third-order valence-electron chi connectivity index (χ3n) is 2.24. The van der Waals surface area contributed by atoms with E-state index in [9.17, 15) is 4.79 Å². The Hall–Kier alpha value is -0.940. The minimum Gasteiger partial charge on any atom is -0.496 e. The molecule has 6 heteroatoms. The van der Waals surface area contributed by atoms with E-state index in [1.54, 1.807) is 7.11 Å². The van der Waals surface area contributed by atoms with Crippen LogP contribution in [0.15, 0.2) is 22.7 Å². The molecule has 1 saturated heterocycles. The number of cyclic esters (lactones) is 1. The summed E-state index contributed by atoms with van der Waals surface area (Å²) in [6, 6.07) is 5.55. The van der Waals surface area contributed by atoms with Crippen molar-refractivity contribution < 1.29 is 14.3 Å². The lowest BCUT2D eigenvalue weighted by molar-refractivity contribution is 0.177. The number of halogens is 2. The van der Waals surface area contributed by atoms with Gasteiger partial charge in [0.1, 0.15) is 12.4 Å². The molecular formula is C10H11BrClNO3. The molecule has 1 aliphatic heterocycles. The average molecular weight is 309 g/mol. The van der Waals surface area contributed by atoms with E-state index >= 15 is 0 Å². The van der Waals surface area contributed by atoms with Crippen molar-refractivity contribution in [2.24, 2.45) is 0 Å². The van der Waals surface area contributed by atoms with Crippen LogP contribution >= 0.6 is 28.3 Å². The van der Waals surface area contributed by atoms with Crippen LogP contribution in [0.3, 0.4) is 0 Å². The van der Waals surface area contributed by atoms with Gasteiger partial charge in [-0.15, -0.1) is 12.4 Å². The molecule has 16 heavy (non-hydrogen) atoms. The number of ether oxygens (including phenoxy) is 2. The van der Waals surface area contributed by atoms with E-state index in [0.717, 1.165) is 15.8 Å². The average Bonchev–Trinajstić information content (AvgIpc) is 2.64. The topological polar surface area (TPSA) is 47.6 Å². The molecule has 1 fully saturated rings. The first-order valence-corrected chi connectivity index (χ1v) is 5.26. The zero-order valence-corrected chi connectivity index (χ0v) is 10.9. The summed E-state index contributed by atoms with van der Waals surface area (Å²) >= 11 is 3.36. The van der Waals surface area contributed by atoms with Crippen LogP contribution in [0.5, 0.6) is 5.75 Å². The summed E-state index contributed by atoms with van der Waals surface area (Å²) in [5.41, 5.74) is 0.923. The van der Waals surface area contributed by atoms with Crippen molar-refractivity contribution in [1.82, 2.24) is 5.32 Å². The van der Waals surface area contributed by atoms with Crippen LogP contribution in [-0.4, -0.2) is 19.8 Å². The number of nitrogens with one attached hydrogen (secondary N) is 1. The fourth-order valence-electron chi connectivity index (χ4n) is 1.52. The highest BCUT2D eigenvalue weighted by Crippen LogP contribution is 2.30. The monoisotopic (exact) mass is 307 g/mol. The second-order valence-electron chi connectivity index (χ2n) is 3.18. The normalized spacial score (nSPS) is 18.4. The van der Waals surface area contributed by atoms with Crippen molar-refractivity contribution in [3.63, 3.8) is 0 Å². The number of methoxy groups -OCH3 is 1. The molecule has 0 spiro atoms. The van der Waals surface area contributed by atoms with E-state index in [0.29, 0.717) is 6.61 Å². The second-order valence-corrected chi connectivity index (χ2v) is 4.10. The minimum atomic E-state index is -0.384. The molecule has 1 atom stereocenters. The molecule has 4 nitrogen and oxygen atoms in total. The maximum absolute atomic E-state index is 10.9. The first-order valence-electron chi connectivity index (χ1n) is 4.47. The zero-order chi connectivity index (χ0) is 10.8.